The first kappa shape index (κ1) is 19.5. The normalized spacial score (nSPS) is 18.7. The number of hydrogen-bond acceptors (Lipinski definition) is 6. The lowest BCUT2D eigenvalue weighted by molar-refractivity contribution is 0.181. The number of hydrogen-bond donors (Lipinski definition) is 2. The van der Waals surface area contributed by atoms with Crippen LogP contribution in [-0.2, 0) is 12.8 Å². The molecule has 0 radical (unpaired) electrons. The molecule has 0 saturated heterocycles. The van der Waals surface area contributed by atoms with Gasteiger partial charge in [-0.2, -0.15) is 0 Å². The molecule has 1 aromatic heterocycles. The zero-order chi connectivity index (χ0) is 20.6. The maximum Gasteiger partial charge on any atom is 0.248 e. The van der Waals surface area contributed by atoms with Crippen molar-refractivity contribution in [1.82, 2.24) is 10.2 Å². The van der Waals surface area contributed by atoms with Gasteiger partial charge in [-0.1, -0.05) is 6.07 Å². The van der Waals surface area contributed by atoms with Crippen LogP contribution in [0.5, 0.6) is 5.75 Å². The molecule has 0 aliphatic heterocycles. The summed E-state index contributed by atoms with van der Waals surface area (Å²) in [5.41, 5.74) is 9.20. The molecule has 0 bridgehead atoms. The van der Waals surface area contributed by atoms with Crippen molar-refractivity contribution in [2.75, 3.05) is 6.61 Å². The van der Waals surface area contributed by atoms with Gasteiger partial charge in [0.15, 0.2) is 11.6 Å². The van der Waals surface area contributed by atoms with E-state index in [1.807, 2.05) is 32.0 Å². The largest absolute Gasteiger partial charge is 0.488 e. The molecule has 29 heavy (non-hydrogen) atoms. The minimum absolute atomic E-state index is 0.0521. The molecule has 4 rings (SSSR count). The van der Waals surface area contributed by atoms with E-state index in [1.165, 1.54) is 11.6 Å². The summed E-state index contributed by atoms with van der Waals surface area (Å²) in [4.78, 5) is 0. The fraction of sp³-hybridized carbons (Fsp3) is 0.364. The van der Waals surface area contributed by atoms with Crippen LogP contribution in [0.25, 0.3) is 22.9 Å². The quantitative estimate of drug-likeness (QED) is 0.684. The minimum Gasteiger partial charge on any atom is -0.488 e. The number of rotatable bonds is 5. The Labute approximate surface area is 168 Å². The average molecular weight is 397 g/mol. The van der Waals surface area contributed by atoms with Gasteiger partial charge in [-0.05, 0) is 74.6 Å². The van der Waals surface area contributed by atoms with E-state index >= 15 is 0 Å². The molecule has 0 unspecified atom stereocenters. The topological polar surface area (TPSA) is 94.4 Å². The fourth-order valence-electron chi connectivity index (χ4n) is 3.59. The summed E-state index contributed by atoms with van der Waals surface area (Å²) in [6.07, 6.45) is 2.05. The van der Waals surface area contributed by atoms with Crippen LogP contribution in [0.4, 0.5) is 4.39 Å². The van der Waals surface area contributed by atoms with E-state index < -0.39 is 11.4 Å². The number of aliphatic hydroxyl groups excluding tert-OH is 1. The highest BCUT2D eigenvalue weighted by atomic mass is 19.1. The molecule has 3 N–H and O–H groups in total. The van der Waals surface area contributed by atoms with Crippen molar-refractivity contribution in [3.05, 3.63) is 53.3 Å². The van der Waals surface area contributed by atoms with E-state index in [0.29, 0.717) is 17.9 Å². The summed E-state index contributed by atoms with van der Waals surface area (Å²) < 4.78 is 25.5. The lowest BCUT2D eigenvalue weighted by Crippen LogP contribution is -2.48. The highest BCUT2D eigenvalue weighted by Gasteiger charge is 2.30. The first-order valence-electron chi connectivity index (χ1n) is 9.69. The van der Waals surface area contributed by atoms with E-state index in [1.54, 1.807) is 12.1 Å². The molecular formula is C22H24FN3O3. The Morgan fingerprint density at radius 3 is 2.48 bits per heavy atom. The number of nitrogens with two attached hydrogens (primary N) is 1. The number of aliphatic hydroxyl groups is 1. The summed E-state index contributed by atoms with van der Waals surface area (Å²) in [6.45, 7) is 3.63. The molecule has 0 saturated carbocycles. The van der Waals surface area contributed by atoms with Crippen molar-refractivity contribution in [3.8, 4) is 28.7 Å². The Bertz CT molecular complexity index is 1030. The van der Waals surface area contributed by atoms with E-state index in [2.05, 4.69) is 10.2 Å². The SMILES string of the molecule is CC(C)Oc1ccc(-c2nnc(-c3ccc4c(c3)C[C@](N)(CO)CC4)o2)cc1F. The Balaban J connectivity index is 1.60. The number of aryl methyl sites for hydroxylation is 1. The Hall–Kier alpha value is -2.77. The van der Waals surface area contributed by atoms with Crippen LogP contribution in [0.2, 0.25) is 0 Å². The standard InChI is InChI=1S/C22H24FN3O3/c1-13(2)28-19-6-5-16(10-18(19)23)21-26-25-20(29-21)15-4-3-14-7-8-22(24,12-27)11-17(14)9-15/h3-6,9-10,13,27H,7-8,11-12,24H2,1-2H3/t22-/m0/s1. The number of fused-ring (bicyclic) bond motifs is 1. The monoisotopic (exact) mass is 397 g/mol. The molecule has 2 aromatic carbocycles. The minimum atomic E-state index is -0.594. The van der Waals surface area contributed by atoms with Crippen molar-refractivity contribution in [3.63, 3.8) is 0 Å². The molecule has 1 aliphatic rings. The zero-order valence-corrected chi connectivity index (χ0v) is 16.5. The van der Waals surface area contributed by atoms with Gasteiger partial charge in [0.1, 0.15) is 0 Å². The molecular weight excluding hydrogens is 373 g/mol. The molecule has 1 aliphatic carbocycles. The number of ether oxygens (including phenoxy) is 1. The molecule has 0 fully saturated rings. The number of benzene rings is 2. The maximum atomic E-state index is 14.3. The number of nitrogens with zero attached hydrogens (tertiary/aromatic N) is 2. The van der Waals surface area contributed by atoms with Gasteiger partial charge in [0.05, 0.1) is 12.7 Å². The predicted molar refractivity (Wildman–Crippen MR) is 107 cm³/mol. The summed E-state index contributed by atoms with van der Waals surface area (Å²) in [7, 11) is 0. The number of halogens is 1. The summed E-state index contributed by atoms with van der Waals surface area (Å²) in [5, 5.41) is 17.8. The third-order valence-corrected chi connectivity index (χ3v) is 5.17. The molecule has 1 heterocycles. The first-order chi connectivity index (χ1) is 13.9. The second-order valence-corrected chi connectivity index (χ2v) is 7.90. The highest BCUT2D eigenvalue weighted by molar-refractivity contribution is 5.60. The lowest BCUT2D eigenvalue weighted by atomic mass is 9.78. The maximum absolute atomic E-state index is 14.3. The smallest absolute Gasteiger partial charge is 0.248 e. The van der Waals surface area contributed by atoms with Crippen LogP contribution in [0.15, 0.2) is 40.8 Å². The number of aromatic nitrogens is 2. The van der Waals surface area contributed by atoms with Crippen LogP contribution in [0, 0.1) is 5.82 Å². The molecule has 6 nitrogen and oxygen atoms in total. The van der Waals surface area contributed by atoms with Crippen LogP contribution >= 0.6 is 0 Å². The Kier molecular flexibility index (Phi) is 5.10. The van der Waals surface area contributed by atoms with Crippen LogP contribution in [-0.4, -0.2) is 33.6 Å². The van der Waals surface area contributed by atoms with Gasteiger partial charge in [-0.3, -0.25) is 0 Å². The lowest BCUT2D eigenvalue weighted by Gasteiger charge is -2.33. The molecule has 0 amide bonds. The molecule has 3 aromatic rings. The van der Waals surface area contributed by atoms with Gasteiger partial charge in [0.25, 0.3) is 0 Å². The molecule has 1 atom stereocenters. The second-order valence-electron chi connectivity index (χ2n) is 7.90. The van der Waals surface area contributed by atoms with E-state index in [9.17, 15) is 9.50 Å². The van der Waals surface area contributed by atoms with Gasteiger partial charge in [-0.25, -0.2) is 4.39 Å². The van der Waals surface area contributed by atoms with Gasteiger partial charge in [-0.15, -0.1) is 10.2 Å². The van der Waals surface area contributed by atoms with Crippen molar-refractivity contribution < 1.29 is 18.7 Å². The third-order valence-electron chi connectivity index (χ3n) is 5.17. The molecule has 152 valence electrons. The first-order valence-corrected chi connectivity index (χ1v) is 9.69. The van der Waals surface area contributed by atoms with E-state index in [4.69, 9.17) is 14.9 Å². The van der Waals surface area contributed by atoms with Crippen LogP contribution in [0.1, 0.15) is 31.4 Å². The molecule has 7 heteroatoms. The summed E-state index contributed by atoms with van der Waals surface area (Å²) in [6, 6.07) is 10.5. The summed E-state index contributed by atoms with van der Waals surface area (Å²) in [5.74, 6) is 0.291. The Morgan fingerprint density at radius 1 is 1.14 bits per heavy atom. The highest BCUT2D eigenvalue weighted by Crippen LogP contribution is 2.32. The van der Waals surface area contributed by atoms with Crippen molar-refractivity contribution in [1.29, 1.82) is 0 Å². The Morgan fingerprint density at radius 2 is 1.83 bits per heavy atom. The predicted octanol–water partition coefficient (Wildman–Crippen LogP) is 3.51. The van der Waals surface area contributed by atoms with E-state index in [0.717, 1.165) is 24.0 Å². The van der Waals surface area contributed by atoms with Crippen molar-refractivity contribution >= 4 is 0 Å². The van der Waals surface area contributed by atoms with Gasteiger partial charge < -0.3 is 20.0 Å². The van der Waals surface area contributed by atoms with Gasteiger partial charge >= 0.3 is 0 Å². The zero-order valence-electron chi connectivity index (χ0n) is 16.5. The fourth-order valence-corrected chi connectivity index (χ4v) is 3.59. The van der Waals surface area contributed by atoms with Crippen molar-refractivity contribution in [2.24, 2.45) is 5.73 Å². The van der Waals surface area contributed by atoms with E-state index in [-0.39, 0.29) is 24.4 Å². The summed E-state index contributed by atoms with van der Waals surface area (Å²) >= 11 is 0. The molecule has 0 spiro atoms. The van der Waals surface area contributed by atoms with Crippen LogP contribution in [0.3, 0.4) is 0 Å². The second kappa shape index (κ2) is 7.57. The third kappa shape index (κ3) is 4.02. The average Bonchev–Trinajstić information content (AvgIpc) is 3.19. The van der Waals surface area contributed by atoms with Crippen molar-refractivity contribution in [2.45, 2.75) is 44.8 Å². The van der Waals surface area contributed by atoms with Gasteiger partial charge in [0, 0.05) is 16.7 Å². The van der Waals surface area contributed by atoms with Gasteiger partial charge in [0.2, 0.25) is 11.8 Å². The van der Waals surface area contributed by atoms with Crippen LogP contribution < -0.4 is 10.5 Å².